The molecule has 0 atom stereocenters. The Kier molecular flexibility index (Phi) is 3.34. The lowest BCUT2D eigenvalue weighted by atomic mass is 10.3. The van der Waals surface area contributed by atoms with E-state index in [2.05, 4.69) is 15.3 Å². The molecule has 0 amide bonds. The molecule has 0 saturated carbocycles. The molecule has 0 N–H and O–H groups in total. The summed E-state index contributed by atoms with van der Waals surface area (Å²) in [4.78, 5) is 3.41. The van der Waals surface area contributed by atoms with Crippen molar-refractivity contribution in [3.05, 3.63) is 47.7 Å². The van der Waals surface area contributed by atoms with Crippen LogP contribution >= 0.6 is 11.3 Å². The number of thiazole rings is 1. The van der Waals surface area contributed by atoms with Crippen LogP contribution in [0.5, 0.6) is 10.9 Å². The molecular formula is C12H7F3N4OS. The third kappa shape index (κ3) is 3.02. The number of benzene rings is 1. The fraction of sp³-hybridized carbons (Fsp3) is 0.0833. The van der Waals surface area contributed by atoms with Crippen LogP contribution in [0.15, 0.2) is 42.0 Å². The second kappa shape index (κ2) is 5.17. The van der Waals surface area contributed by atoms with Gasteiger partial charge in [-0.25, -0.2) is 4.68 Å². The third-order valence-electron chi connectivity index (χ3n) is 2.48. The molecule has 0 aliphatic rings. The molecule has 2 aromatic heterocycles. The number of hydrogen-bond acceptors (Lipinski definition) is 5. The van der Waals surface area contributed by atoms with Crippen LogP contribution < -0.4 is 4.74 Å². The van der Waals surface area contributed by atoms with Crippen LogP contribution in [0, 0.1) is 0 Å². The zero-order valence-electron chi connectivity index (χ0n) is 10.3. The van der Waals surface area contributed by atoms with E-state index in [0.29, 0.717) is 11.4 Å². The quantitative estimate of drug-likeness (QED) is 0.742. The van der Waals surface area contributed by atoms with Crippen molar-refractivity contribution in [1.82, 2.24) is 20.0 Å². The monoisotopic (exact) mass is 312 g/mol. The largest absolute Gasteiger partial charge is 0.434 e. The minimum absolute atomic E-state index is 0.0712. The standard InChI is InChI=1S/C12H7F3N4OS/c13-12(14,15)10-7-21-11(17-10)20-9-3-1-2-8(6-9)19-5-4-16-18-19/h1-7H. The Hall–Kier alpha value is -2.42. The summed E-state index contributed by atoms with van der Waals surface area (Å²) in [6, 6.07) is 6.72. The molecule has 0 radical (unpaired) electrons. The van der Waals surface area contributed by atoms with Crippen molar-refractivity contribution in [3.63, 3.8) is 0 Å². The highest BCUT2D eigenvalue weighted by Gasteiger charge is 2.34. The molecule has 0 saturated heterocycles. The second-order valence-corrected chi connectivity index (χ2v) is 4.76. The van der Waals surface area contributed by atoms with Gasteiger partial charge in [-0.3, -0.25) is 0 Å². The lowest BCUT2D eigenvalue weighted by Crippen LogP contribution is -2.04. The molecule has 108 valence electrons. The average Bonchev–Trinajstić information content (AvgIpc) is 3.09. The van der Waals surface area contributed by atoms with Gasteiger partial charge in [-0.1, -0.05) is 22.6 Å². The maximum atomic E-state index is 12.5. The minimum Gasteiger partial charge on any atom is -0.431 e. The van der Waals surface area contributed by atoms with Gasteiger partial charge in [-0.15, -0.1) is 5.10 Å². The van der Waals surface area contributed by atoms with Crippen LogP contribution in [0.2, 0.25) is 0 Å². The van der Waals surface area contributed by atoms with E-state index >= 15 is 0 Å². The Morgan fingerprint density at radius 1 is 1.24 bits per heavy atom. The summed E-state index contributed by atoms with van der Waals surface area (Å²) in [6.45, 7) is 0. The first-order valence-corrected chi connectivity index (χ1v) is 6.58. The Labute approximate surface area is 120 Å². The molecular weight excluding hydrogens is 305 g/mol. The predicted octanol–water partition coefficient (Wildman–Crippen LogP) is 3.53. The van der Waals surface area contributed by atoms with Gasteiger partial charge < -0.3 is 4.74 Å². The summed E-state index contributed by atoms with van der Waals surface area (Å²) in [5, 5.41) is 8.34. The Bertz CT molecular complexity index is 739. The summed E-state index contributed by atoms with van der Waals surface area (Å²) in [6.07, 6.45) is -1.31. The number of nitrogens with zero attached hydrogens (tertiary/aromatic N) is 4. The molecule has 0 aliphatic heterocycles. The molecule has 9 heteroatoms. The second-order valence-electron chi connectivity index (χ2n) is 3.94. The topological polar surface area (TPSA) is 52.8 Å². The van der Waals surface area contributed by atoms with E-state index in [1.807, 2.05) is 0 Å². The van der Waals surface area contributed by atoms with Crippen LogP contribution in [-0.4, -0.2) is 20.0 Å². The van der Waals surface area contributed by atoms with E-state index < -0.39 is 11.9 Å². The minimum atomic E-state index is -4.47. The van der Waals surface area contributed by atoms with Gasteiger partial charge in [-0.2, -0.15) is 18.2 Å². The van der Waals surface area contributed by atoms with Gasteiger partial charge in [0.15, 0.2) is 5.69 Å². The first kappa shape index (κ1) is 13.6. The van der Waals surface area contributed by atoms with E-state index in [1.165, 1.54) is 10.9 Å². The summed E-state index contributed by atoms with van der Waals surface area (Å²) >= 11 is 0.786. The highest BCUT2D eigenvalue weighted by molar-refractivity contribution is 7.11. The number of halogens is 3. The van der Waals surface area contributed by atoms with Gasteiger partial charge in [0.1, 0.15) is 5.75 Å². The predicted molar refractivity (Wildman–Crippen MR) is 68.5 cm³/mol. The lowest BCUT2D eigenvalue weighted by Gasteiger charge is -2.05. The fourth-order valence-electron chi connectivity index (χ4n) is 1.57. The van der Waals surface area contributed by atoms with Crippen molar-refractivity contribution in [3.8, 4) is 16.6 Å². The van der Waals surface area contributed by atoms with Gasteiger partial charge in [0, 0.05) is 11.4 Å². The van der Waals surface area contributed by atoms with E-state index in [4.69, 9.17) is 4.74 Å². The lowest BCUT2D eigenvalue weighted by molar-refractivity contribution is -0.140. The van der Waals surface area contributed by atoms with Crippen LogP contribution in [0.25, 0.3) is 5.69 Å². The molecule has 2 heterocycles. The van der Waals surface area contributed by atoms with Crippen molar-refractivity contribution in [2.45, 2.75) is 6.18 Å². The summed E-state index contributed by atoms with van der Waals surface area (Å²) in [5.41, 5.74) is -0.285. The van der Waals surface area contributed by atoms with Crippen molar-refractivity contribution >= 4 is 11.3 Å². The summed E-state index contributed by atoms with van der Waals surface area (Å²) in [7, 11) is 0. The SMILES string of the molecule is FC(F)(F)c1csc(Oc2cccc(-n3ccnn3)c2)n1. The number of hydrogen-bond donors (Lipinski definition) is 0. The molecule has 5 nitrogen and oxygen atoms in total. The summed E-state index contributed by atoms with van der Waals surface area (Å²) < 4.78 is 44.2. The molecule has 0 unspecified atom stereocenters. The average molecular weight is 312 g/mol. The summed E-state index contributed by atoms with van der Waals surface area (Å²) in [5.74, 6) is 0.367. The molecule has 1 aromatic carbocycles. The maximum Gasteiger partial charge on any atom is 0.434 e. The Balaban J connectivity index is 1.82. The van der Waals surface area contributed by atoms with Gasteiger partial charge in [0.05, 0.1) is 18.1 Å². The number of alkyl halides is 3. The number of aromatic nitrogens is 4. The fourth-order valence-corrected chi connectivity index (χ4v) is 2.26. The molecule has 0 bridgehead atoms. The molecule has 21 heavy (non-hydrogen) atoms. The normalized spacial score (nSPS) is 11.6. The van der Waals surface area contributed by atoms with Crippen LogP contribution in [-0.2, 0) is 6.18 Å². The van der Waals surface area contributed by atoms with Crippen molar-refractivity contribution in [1.29, 1.82) is 0 Å². The van der Waals surface area contributed by atoms with E-state index in [-0.39, 0.29) is 5.19 Å². The molecule has 0 fully saturated rings. The molecule has 3 rings (SSSR count). The highest BCUT2D eigenvalue weighted by Crippen LogP contribution is 2.34. The number of rotatable bonds is 3. The van der Waals surface area contributed by atoms with Gasteiger partial charge in [-0.05, 0) is 12.1 Å². The Morgan fingerprint density at radius 3 is 2.76 bits per heavy atom. The van der Waals surface area contributed by atoms with E-state index in [1.54, 1.807) is 30.5 Å². The zero-order valence-corrected chi connectivity index (χ0v) is 11.1. The van der Waals surface area contributed by atoms with Crippen LogP contribution in [0.3, 0.4) is 0 Å². The highest BCUT2D eigenvalue weighted by atomic mass is 32.1. The third-order valence-corrected chi connectivity index (χ3v) is 3.20. The zero-order chi connectivity index (χ0) is 14.9. The first-order valence-electron chi connectivity index (χ1n) is 5.70. The van der Waals surface area contributed by atoms with Crippen molar-refractivity contribution < 1.29 is 17.9 Å². The van der Waals surface area contributed by atoms with Crippen molar-refractivity contribution in [2.24, 2.45) is 0 Å². The van der Waals surface area contributed by atoms with Crippen LogP contribution in [0.4, 0.5) is 13.2 Å². The Morgan fingerprint density at radius 2 is 2.10 bits per heavy atom. The van der Waals surface area contributed by atoms with Gasteiger partial charge >= 0.3 is 6.18 Å². The number of ether oxygens (including phenoxy) is 1. The van der Waals surface area contributed by atoms with Crippen molar-refractivity contribution in [2.75, 3.05) is 0 Å². The smallest absolute Gasteiger partial charge is 0.431 e. The van der Waals surface area contributed by atoms with Crippen LogP contribution in [0.1, 0.15) is 5.69 Å². The van der Waals surface area contributed by atoms with E-state index in [9.17, 15) is 13.2 Å². The molecule has 3 aromatic rings. The maximum absolute atomic E-state index is 12.5. The molecule has 0 spiro atoms. The van der Waals surface area contributed by atoms with Gasteiger partial charge in [0.2, 0.25) is 0 Å². The first-order chi connectivity index (χ1) is 10.0. The molecule has 0 aliphatic carbocycles. The van der Waals surface area contributed by atoms with Gasteiger partial charge in [0.25, 0.3) is 5.19 Å². The van der Waals surface area contributed by atoms with E-state index in [0.717, 1.165) is 16.7 Å².